The Labute approximate surface area is 68.5 Å². The summed E-state index contributed by atoms with van der Waals surface area (Å²) in [7, 11) is 0. The Morgan fingerprint density at radius 1 is 1.55 bits per heavy atom. The monoisotopic (exact) mass is 152 g/mol. The van der Waals surface area contributed by atoms with Crippen molar-refractivity contribution in [1.29, 1.82) is 0 Å². The molecule has 0 unspecified atom stereocenters. The molecule has 0 amide bonds. The van der Waals surface area contributed by atoms with Gasteiger partial charge >= 0.3 is 0 Å². The highest BCUT2D eigenvalue weighted by atomic mass is 16.1. The molecule has 1 fully saturated rings. The lowest BCUT2D eigenvalue weighted by atomic mass is 9.88. The molecule has 0 N–H and O–H groups in total. The maximum absolute atomic E-state index is 11.4. The van der Waals surface area contributed by atoms with Crippen molar-refractivity contribution in [2.75, 3.05) is 0 Å². The second kappa shape index (κ2) is 2.80. The van der Waals surface area contributed by atoms with E-state index in [1.54, 1.807) is 0 Å². The molecule has 0 bridgehead atoms. The van der Waals surface area contributed by atoms with Gasteiger partial charge in [0, 0.05) is 12.3 Å². The van der Waals surface area contributed by atoms with Crippen molar-refractivity contribution >= 4 is 5.78 Å². The SMILES string of the molecule is C=C(C)[C@@H]1C(=O)C[C@@H](C)[C@@H]1C. The van der Waals surface area contributed by atoms with Gasteiger partial charge in [-0.2, -0.15) is 0 Å². The summed E-state index contributed by atoms with van der Waals surface area (Å²) in [5, 5.41) is 0. The Morgan fingerprint density at radius 2 is 2.09 bits per heavy atom. The number of rotatable bonds is 1. The Hall–Kier alpha value is -0.590. The first-order valence-corrected chi connectivity index (χ1v) is 4.22. The minimum atomic E-state index is 0.144. The van der Waals surface area contributed by atoms with Gasteiger partial charge in [-0.05, 0) is 18.8 Å². The second-order valence-electron chi connectivity index (χ2n) is 3.83. The minimum Gasteiger partial charge on any atom is -0.299 e. The van der Waals surface area contributed by atoms with Crippen molar-refractivity contribution in [2.45, 2.75) is 27.2 Å². The van der Waals surface area contributed by atoms with E-state index in [4.69, 9.17) is 0 Å². The van der Waals surface area contributed by atoms with Crippen LogP contribution in [0.15, 0.2) is 12.2 Å². The predicted molar refractivity (Wildman–Crippen MR) is 46.3 cm³/mol. The molecule has 1 nitrogen and oxygen atoms in total. The van der Waals surface area contributed by atoms with Crippen LogP contribution < -0.4 is 0 Å². The van der Waals surface area contributed by atoms with Gasteiger partial charge in [0.2, 0.25) is 0 Å². The van der Waals surface area contributed by atoms with Crippen molar-refractivity contribution in [2.24, 2.45) is 17.8 Å². The maximum atomic E-state index is 11.4. The lowest BCUT2D eigenvalue weighted by molar-refractivity contribution is -0.120. The molecule has 0 aliphatic heterocycles. The van der Waals surface area contributed by atoms with Crippen LogP contribution in [0.5, 0.6) is 0 Å². The molecule has 0 aromatic carbocycles. The predicted octanol–water partition coefficient (Wildman–Crippen LogP) is 2.42. The smallest absolute Gasteiger partial charge is 0.140 e. The summed E-state index contributed by atoms with van der Waals surface area (Å²) in [5.41, 5.74) is 1.03. The van der Waals surface area contributed by atoms with Crippen molar-refractivity contribution in [3.63, 3.8) is 0 Å². The summed E-state index contributed by atoms with van der Waals surface area (Å²) >= 11 is 0. The van der Waals surface area contributed by atoms with E-state index in [2.05, 4.69) is 20.4 Å². The zero-order valence-electron chi connectivity index (χ0n) is 7.55. The first-order valence-electron chi connectivity index (χ1n) is 4.22. The summed E-state index contributed by atoms with van der Waals surface area (Å²) in [6, 6.07) is 0. The Kier molecular flexibility index (Phi) is 2.17. The number of carbonyl (C=O) groups excluding carboxylic acids is 1. The minimum absolute atomic E-state index is 0.144. The van der Waals surface area contributed by atoms with Crippen LogP contribution in [0.2, 0.25) is 0 Å². The summed E-state index contributed by atoms with van der Waals surface area (Å²) in [6.45, 7) is 10.1. The first-order chi connectivity index (χ1) is 5.04. The Bertz CT molecular complexity index is 193. The highest BCUT2D eigenvalue weighted by Crippen LogP contribution is 2.37. The van der Waals surface area contributed by atoms with Gasteiger partial charge in [0.25, 0.3) is 0 Å². The highest BCUT2D eigenvalue weighted by Gasteiger charge is 2.36. The molecule has 0 aromatic rings. The second-order valence-corrected chi connectivity index (χ2v) is 3.83. The Morgan fingerprint density at radius 3 is 2.27 bits per heavy atom. The molecule has 0 spiro atoms. The number of hydrogen-bond acceptors (Lipinski definition) is 1. The van der Waals surface area contributed by atoms with Gasteiger partial charge < -0.3 is 0 Å². The summed E-state index contributed by atoms with van der Waals surface area (Å²) in [4.78, 5) is 11.4. The molecule has 0 aromatic heterocycles. The highest BCUT2D eigenvalue weighted by molar-refractivity contribution is 5.86. The largest absolute Gasteiger partial charge is 0.299 e. The fourth-order valence-electron chi connectivity index (χ4n) is 1.98. The quantitative estimate of drug-likeness (QED) is 0.527. The molecule has 1 aliphatic rings. The molecule has 1 rings (SSSR count). The molecule has 11 heavy (non-hydrogen) atoms. The summed E-state index contributed by atoms with van der Waals surface area (Å²) in [5.74, 6) is 1.58. The zero-order chi connectivity index (χ0) is 8.59. The lowest BCUT2D eigenvalue weighted by Gasteiger charge is -2.15. The van der Waals surface area contributed by atoms with Crippen LogP contribution in [-0.2, 0) is 4.79 Å². The van der Waals surface area contributed by atoms with Crippen molar-refractivity contribution in [3.05, 3.63) is 12.2 Å². The molecule has 0 radical (unpaired) electrons. The number of allylic oxidation sites excluding steroid dienone is 1. The van der Waals surface area contributed by atoms with Gasteiger partial charge in [0.1, 0.15) is 5.78 Å². The zero-order valence-corrected chi connectivity index (χ0v) is 7.55. The molecule has 3 atom stereocenters. The molecule has 0 saturated heterocycles. The van der Waals surface area contributed by atoms with Crippen LogP contribution in [0.4, 0.5) is 0 Å². The van der Waals surface area contributed by atoms with E-state index in [9.17, 15) is 4.79 Å². The normalized spacial score (nSPS) is 37.7. The van der Waals surface area contributed by atoms with Crippen molar-refractivity contribution in [1.82, 2.24) is 0 Å². The molecule has 1 saturated carbocycles. The summed E-state index contributed by atoms with van der Waals surface area (Å²) in [6.07, 6.45) is 0.749. The van der Waals surface area contributed by atoms with Crippen molar-refractivity contribution in [3.8, 4) is 0 Å². The molecule has 1 aliphatic carbocycles. The third-order valence-electron chi connectivity index (χ3n) is 2.82. The van der Waals surface area contributed by atoms with Crippen LogP contribution in [0.1, 0.15) is 27.2 Å². The van der Waals surface area contributed by atoms with E-state index in [1.165, 1.54) is 0 Å². The van der Waals surface area contributed by atoms with Crippen LogP contribution >= 0.6 is 0 Å². The van der Waals surface area contributed by atoms with E-state index in [0.717, 1.165) is 12.0 Å². The summed E-state index contributed by atoms with van der Waals surface area (Å²) < 4.78 is 0. The fourth-order valence-corrected chi connectivity index (χ4v) is 1.98. The molecule has 1 heteroatoms. The standard InChI is InChI=1S/C10H16O/c1-6(2)10-8(4)7(3)5-9(10)11/h7-8,10H,1,5H2,2-4H3/t7-,8+,10+/m1/s1. The third-order valence-corrected chi connectivity index (χ3v) is 2.82. The van der Waals surface area contributed by atoms with Gasteiger partial charge in [-0.1, -0.05) is 26.0 Å². The van der Waals surface area contributed by atoms with Crippen molar-refractivity contribution < 1.29 is 4.79 Å². The Balaban J connectivity index is 2.79. The van der Waals surface area contributed by atoms with E-state index < -0.39 is 0 Å². The van der Waals surface area contributed by atoms with Gasteiger partial charge in [-0.15, -0.1) is 0 Å². The van der Waals surface area contributed by atoms with Crippen LogP contribution in [0, 0.1) is 17.8 Å². The van der Waals surface area contributed by atoms with Crippen LogP contribution in [0.25, 0.3) is 0 Å². The van der Waals surface area contributed by atoms with Crippen LogP contribution in [-0.4, -0.2) is 5.78 Å². The number of ketones is 1. The van der Waals surface area contributed by atoms with E-state index >= 15 is 0 Å². The molecular weight excluding hydrogens is 136 g/mol. The number of Topliss-reactive ketones (excluding diaryl/α,β-unsaturated/α-hetero) is 1. The maximum Gasteiger partial charge on any atom is 0.140 e. The van der Waals surface area contributed by atoms with Crippen LogP contribution in [0.3, 0.4) is 0 Å². The first kappa shape index (κ1) is 8.51. The van der Waals surface area contributed by atoms with E-state index in [0.29, 0.717) is 17.6 Å². The lowest BCUT2D eigenvalue weighted by Crippen LogP contribution is -2.14. The fraction of sp³-hybridized carbons (Fsp3) is 0.700. The van der Waals surface area contributed by atoms with Gasteiger partial charge in [0.05, 0.1) is 0 Å². The van der Waals surface area contributed by atoms with E-state index in [1.807, 2.05) is 6.92 Å². The average molecular weight is 152 g/mol. The topological polar surface area (TPSA) is 17.1 Å². The molecule has 0 heterocycles. The average Bonchev–Trinajstić information content (AvgIpc) is 2.07. The molecular formula is C10H16O. The number of hydrogen-bond donors (Lipinski definition) is 0. The van der Waals surface area contributed by atoms with E-state index in [-0.39, 0.29) is 5.92 Å². The van der Waals surface area contributed by atoms with Gasteiger partial charge in [-0.25, -0.2) is 0 Å². The van der Waals surface area contributed by atoms with Gasteiger partial charge in [0.15, 0.2) is 0 Å². The van der Waals surface area contributed by atoms with Gasteiger partial charge in [-0.3, -0.25) is 4.79 Å². The number of carbonyl (C=O) groups is 1. The third kappa shape index (κ3) is 1.37. The molecule has 62 valence electrons.